The lowest BCUT2D eigenvalue weighted by Gasteiger charge is -2.39. The molecule has 2 amide bonds. The molecule has 4 heterocycles. The van der Waals surface area contributed by atoms with Crippen molar-refractivity contribution in [3.63, 3.8) is 0 Å². The third-order valence-electron chi connectivity index (χ3n) is 7.52. The second-order valence-electron chi connectivity index (χ2n) is 10.3. The van der Waals surface area contributed by atoms with E-state index in [0.717, 1.165) is 19.3 Å². The Morgan fingerprint density at radius 1 is 1.21 bits per heavy atom. The summed E-state index contributed by atoms with van der Waals surface area (Å²) < 4.78 is 4.67. The fourth-order valence-corrected chi connectivity index (χ4v) is 8.05. The number of fused-ring (bicyclic) bond motifs is 2. The first kappa shape index (κ1) is 25.3. The molecule has 0 aromatic rings. The largest absolute Gasteiger partial charge is 0.465 e. The number of rotatable bonds is 8. The number of unbranched alkanes of at least 4 members (excludes halogenated alkanes) is 2. The van der Waals surface area contributed by atoms with Gasteiger partial charge in [-0.25, -0.2) is 0 Å². The number of likely N-dealkylation sites (tertiary alicyclic amines) is 1. The van der Waals surface area contributed by atoms with Crippen molar-refractivity contribution in [3.05, 3.63) is 24.3 Å². The minimum Gasteiger partial charge on any atom is -0.465 e. The number of amides is 2. The minimum atomic E-state index is -0.846. The number of thioether (sulfide) groups is 1. The van der Waals surface area contributed by atoms with Crippen LogP contribution in [0.15, 0.2) is 24.3 Å². The molecule has 188 valence electrons. The van der Waals surface area contributed by atoms with Crippen LogP contribution in [0.2, 0.25) is 0 Å². The van der Waals surface area contributed by atoms with E-state index in [9.17, 15) is 19.5 Å². The molecule has 0 aromatic carbocycles. The van der Waals surface area contributed by atoms with Crippen molar-refractivity contribution in [1.82, 2.24) is 9.80 Å². The average molecular weight is 491 g/mol. The van der Waals surface area contributed by atoms with E-state index in [1.807, 2.05) is 43.1 Å². The van der Waals surface area contributed by atoms with Crippen LogP contribution in [-0.2, 0) is 19.1 Å². The van der Waals surface area contributed by atoms with Crippen molar-refractivity contribution in [2.75, 3.05) is 26.3 Å². The van der Waals surface area contributed by atoms with Crippen LogP contribution in [0, 0.1) is 17.8 Å². The number of aliphatic hydroxyl groups is 1. The molecule has 0 aliphatic carbocycles. The monoisotopic (exact) mass is 490 g/mol. The lowest BCUT2D eigenvalue weighted by atomic mass is 9.78. The zero-order valence-electron chi connectivity index (χ0n) is 20.5. The smallest absolute Gasteiger partial charge is 0.311 e. The number of esters is 1. The standard InChI is InChI=1S/C26H38N2O5S/c1-4-5-7-12-27-13-9-11-26-21(20-19(34-26)10-6-8-14-33-25(20)32)23(30)28(22(26)24(27)31)18(16-29)15-17(2)3/h6,9-11,17-22,29H,4-5,7-8,12-16H2,1-3H3/t18-,19-,20+,21+,22?,26+/m1/s1. The molecule has 34 heavy (non-hydrogen) atoms. The third-order valence-corrected chi connectivity index (χ3v) is 9.27. The van der Waals surface area contributed by atoms with Crippen LogP contribution in [0.5, 0.6) is 0 Å². The molecule has 1 N–H and O–H groups in total. The SMILES string of the molecule is CCCCCN1CC=C[C@]23S[C@@H]4C=CCCOC(=O)[C@@H]4[C@H]2C(=O)N([C@@H](CO)CC(C)C)C3C1=O. The Morgan fingerprint density at radius 2 is 2.00 bits per heavy atom. The van der Waals surface area contributed by atoms with Gasteiger partial charge in [0.25, 0.3) is 0 Å². The van der Waals surface area contributed by atoms with E-state index in [-0.39, 0.29) is 35.6 Å². The molecule has 4 aliphatic rings. The topological polar surface area (TPSA) is 87.2 Å². The maximum Gasteiger partial charge on any atom is 0.311 e. The fourth-order valence-electron chi connectivity index (χ4n) is 6.06. The van der Waals surface area contributed by atoms with E-state index in [2.05, 4.69) is 6.92 Å². The van der Waals surface area contributed by atoms with Gasteiger partial charge in [-0.15, -0.1) is 11.8 Å². The first-order valence-electron chi connectivity index (χ1n) is 12.8. The number of carbonyl (C=O) groups excluding carboxylic acids is 3. The molecule has 0 bridgehead atoms. The molecule has 0 aromatic heterocycles. The highest BCUT2D eigenvalue weighted by Crippen LogP contribution is 2.61. The van der Waals surface area contributed by atoms with Gasteiger partial charge < -0.3 is 19.6 Å². The van der Waals surface area contributed by atoms with Crippen LogP contribution < -0.4 is 0 Å². The Morgan fingerprint density at radius 3 is 2.71 bits per heavy atom. The minimum absolute atomic E-state index is 0.0710. The van der Waals surface area contributed by atoms with Gasteiger partial charge in [-0.05, 0) is 25.2 Å². The second kappa shape index (κ2) is 10.4. The number of ether oxygens (including phenoxy) is 1. The van der Waals surface area contributed by atoms with E-state index >= 15 is 0 Å². The van der Waals surface area contributed by atoms with Gasteiger partial charge in [0.1, 0.15) is 6.04 Å². The predicted molar refractivity (Wildman–Crippen MR) is 132 cm³/mol. The Labute approximate surface area is 206 Å². The first-order valence-corrected chi connectivity index (χ1v) is 13.6. The molecule has 7 nitrogen and oxygen atoms in total. The molecule has 0 radical (unpaired) electrons. The summed E-state index contributed by atoms with van der Waals surface area (Å²) in [6, 6.07) is -1.20. The summed E-state index contributed by atoms with van der Waals surface area (Å²) in [4.78, 5) is 44.9. The molecule has 6 atom stereocenters. The summed E-state index contributed by atoms with van der Waals surface area (Å²) in [5, 5.41) is 10.1. The van der Waals surface area contributed by atoms with Crippen LogP contribution >= 0.6 is 11.8 Å². The van der Waals surface area contributed by atoms with Crippen LogP contribution in [0.3, 0.4) is 0 Å². The van der Waals surface area contributed by atoms with Crippen LogP contribution in [-0.4, -0.2) is 81.1 Å². The maximum absolute atomic E-state index is 14.1. The summed E-state index contributed by atoms with van der Waals surface area (Å²) in [6.07, 6.45) is 12.3. The van der Waals surface area contributed by atoms with Crippen molar-refractivity contribution in [2.24, 2.45) is 17.8 Å². The van der Waals surface area contributed by atoms with Crippen LogP contribution in [0.1, 0.15) is 52.9 Å². The molecular weight excluding hydrogens is 452 g/mol. The second-order valence-corrected chi connectivity index (χ2v) is 11.8. The highest BCUT2D eigenvalue weighted by molar-refractivity contribution is 8.02. The van der Waals surface area contributed by atoms with Crippen LogP contribution in [0.4, 0.5) is 0 Å². The molecule has 1 unspecified atom stereocenters. The van der Waals surface area contributed by atoms with E-state index in [1.54, 1.807) is 16.7 Å². The highest BCUT2D eigenvalue weighted by atomic mass is 32.2. The fraction of sp³-hybridized carbons (Fsp3) is 0.731. The summed E-state index contributed by atoms with van der Waals surface area (Å²) in [6.45, 7) is 7.47. The molecule has 8 heteroatoms. The molecule has 2 fully saturated rings. The van der Waals surface area contributed by atoms with E-state index < -0.39 is 28.7 Å². The Balaban J connectivity index is 1.79. The number of cyclic esters (lactones) is 1. The third kappa shape index (κ3) is 4.32. The quantitative estimate of drug-likeness (QED) is 0.320. The highest BCUT2D eigenvalue weighted by Gasteiger charge is 2.71. The van der Waals surface area contributed by atoms with Gasteiger partial charge in [-0.1, -0.05) is 57.9 Å². The van der Waals surface area contributed by atoms with Gasteiger partial charge in [0.15, 0.2) is 0 Å². The van der Waals surface area contributed by atoms with Crippen molar-refractivity contribution < 1.29 is 24.2 Å². The number of carbonyl (C=O) groups is 3. The first-order chi connectivity index (χ1) is 16.4. The van der Waals surface area contributed by atoms with Crippen molar-refractivity contribution >= 4 is 29.5 Å². The zero-order chi connectivity index (χ0) is 24.5. The van der Waals surface area contributed by atoms with Crippen LogP contribution in [0.25, 0.3) is 0 Å². The molecule has 2 saturated heterocycles. The van der Waals surface area contributed by atoms with E-state index in [0.29, 0.717) is 32.5 Å². The summed E-state index contributed by atoms with van der Waals surface area (Å²) >= 11 is 1.56. The Hall–Kier alpha value is -1.80. The average Bonchev–Trinajstić information content (AvgIpc) is 3.18. The van der Waals surface area contributed by atoms with Gasteiger partial charge in [0.05, 0.1) is 35.8 Å². The van der Waals surface area contributed by atoms with Crippen molar-refractivity contribution in [3.8, 4) is 0 Å². The number of hydrogen-bond donors (Lipinski definition) is 1. The van der Waals surface area contributed by atoms with Crippen molar-refractivity contribution in [2.45, 2.75) is 75.0 Å². The molecular formula is C26H38N2O5S. The van der Waals surface area contributed by atoms with E-state index in [4.69, 9.17) is 4.74 Å². The predicted octanol–water partition coefficient (Wildman–Crippen LogP) is 2.78. The van der Waals surface area contributed by atoms with Gasteiger partial charge in [-0.2, -0.15) is 0 Å². The summed E-state index contributed by atoms with van der Waals surface area (Å²) in [7, 11) is 0. The lowest BCUT2D eigenvalue weighted by Crippen LogP contribution is -2.56. The lowest BCUT2D eigenvalue weighted by molar-refractivity contribution is -0.153. The normalized spacial score (nSPS) is 33.9. The van der Waals surface area contributed by atoms with E-state index in [1.165, 1.54) is 0 Å². The van der Waals surface area contributed by atoms with Gasteiger partial charge in [0, 0.05) is 18.3 Å². The Bertz CT molecular complexity index is 858. The van der Waals surface area contributed by atoms with Gasteiger partial charge >= 0.3 is 5.97 Å². The summed E-state index contributed by atoms with van der Waals surface area (Å²) in [5.74, 6) is -1.70. The Kier molecular flexibility index (Phi) is 7.77. The zero-order valence-corrected chi connectivity index (χ0v) is 21.3. The maximum atomic E-state index is 14.1. The summed E-state index contributed by atoms with van der Waals surface area (Å²) in [5.41, 5.74) is 0. The molecule has 1 spiro atoms. The molecule has 4 rings (SSSR count). The molecule has 0 saturated carbocycles. The van der Waals surface area contributed by atoms with Gasteiger partial charge in [0.2, 0.25) is 11.8 Å². The van der Waals surface area contributed by atoms with Gasteiger partial charge in [-0.3, -0.25) is 14.4 Å². The number of aliphatic hydroxyl groups excluding tert-OH is 1. The number of nitrogens with zero attached hydrogens (tertiary/aromatic N) is 2. The molecule has 4 aliphatic heterocycles. The van der Waals surface area contributed by atoms with Crippen molar-refractivity contribution in [1.29, 1.82) is 0 Å². The number of hydrogen-bond acceptors (Lipinski definition) is 6.